The predicted octanol–water partition coefficient (Wildman–Crippen LogP) is 6.12. The maximum Gasteiger partial charge on any atom is 0.332 e. The summed E-state index contributed by atoms with van der Waals surface area (Å²) in [5.41, 5.74) is 4.85. The third kappa shape index (κ3) is 4.62. The molecule has 6 nitrogen and oxygen atoms in total. The second-order valence-electron chi connectivity index (χ2n) is 11.9. The third-order valence-electron chi connectivity index (χ3n) is 9.29. The number of aryl methyl sites for hydroxylation is 2. The van der Waals surface area contributed by atoms with E-state index in [0.717, 1.165) is 40.1 Å². The topological polar surface area (TPSA) is 50.4 Å². The van der Waals surface area contributed by atoms with E-state index in [0.29, 0.717) is 34.8 Å². The van der Waals surface area contributed by atoms with Crippen LogP contribution in [0.4, 0.5) is 10.1 Å². The monoisotopic (exact) mass is 543 g/mol. The number of quaternary nitrogens is 1. The molecule has 40 heavy (non-hydrogen) atoms. The maximum atomic E-state index is 15.0. The number of anilines is 1. The summed E-state index contributed by atoms with van der Waals surface area (Å²) in [6.07, 6.45) is 3.43. The van der Waals surface area contributed by atoms with Crippen molar-refractivity contribution in [3.63, 3.8) is 0 Å². The highest BCUT2D eigenvalue weighted by atomic mass is 19.1. The van der Waals surface area contributed by atoms with Crippen LogP contribution in [0, 0.1) is 12.7 Å². The van der Waals surface area contributed by atoms with Crippen LogP contribution in [-0.4, -0.2) is 57.0 Å². The van der Waals surface area contributed by atoms with Gasteiger partial charge in [-0.15, -0.1) is 0 Å². The van der Waals surface area contributed by atoms with Crippen LogP contribution in [0.5, 0.6) is 5.75 Å². The molecular formula is C33H40FN4O2+. The molecule has 1 N–H and O–H groups in total. The molecule has 210 valence electrons. The molecule has 0 aliphatic carbocycles. The van der Waals surface area contributed by atoms with Crippen LogP contribution in [-0.2, 0) is 7.05 Å². The summed E-state index contributed by atoms with van der Waals surface area (Å²) >= 11 is 0. The highest BCUT2D eigenvalue weighted by Crippen LogP contribution is 2.41. The average Bonchev–Trinajstić information content (AvgIpc) is 3.25. The summed E-state index contributed by atoms with van der Waals surface area (Å²) in [7, 11) is 4.06. The van der Waals surface area contributed by atoms with Crippen molar-refractivity contribution >= 4 is 5.69 Å². The Labute approximate surface area is 236 Å². The van der Waals surface area contributed by atoms with E-state index >= 15 is 4.39 Å². The van der Waals surface area contributed by atoms with Crippen molar-refractivity contribution in [2.24, 2.45) is 7.05 Å². The zero-order valence-electron chi connectivity index (χ0n) is 24.5. The number of piperazine rings is 1. The summed E-state index contributed by atoms with van der Waals surface area (Å²) < 4.78 is 19.1. The van der Waals surface area contributed by atoms with Crippen molar-refractivity contribution in [3.05, 3.63) is 88.9 Å². The first-order chi connectivity index (χ1) is 18.9. The van der Waals surface area contributed by atoms with Crippen LogP contribution in [0.3, 0.4) is 0 Å². The van der Waals surface area contributed by atoms with Crippen LogP contribution in [0.1, 0.15) is 33.3 Å². The molecule has 5 rings (SSSR count). The van der Waals surface area contributed by atoms with E-state index in [1.807, 2.05) is 37.3 Å². The fraction of sp³-hybridized carbons (Fsp3) is 0.364. The lowest BCUT2D eigenvalue weighted by Crippen LogP contribution is -2.69. The molecule has 3 aromatic carbocycles. The van der Waals surface area contributed by atoms with Gasteiger partial charge in [-0.3, -0.25) is 4.57 Å². The minimum absolute atomic E-state index is 0.0343. The van der Waals surface area contributed by atoms with Crippen molar-refractivity contribution in [3.8, 4) is 33.7 Å². The number of benzene rings is 3. The van der Waals surface area contributed by atoms with Gasteiger partial charge in [0.1, 0.15) is 23.7 Å². The highest BCUT2D eigenvalue weighted by Gasteiger charge is 2.43. The normalized spacial score (nSPS) is 21.3. The number of phenolic OH excluding ortho intramolecular Hbond substituents is 1. The first-order valence-electron chi connectivity index (χ1n) is 14.0. The van der Waals surface area contributed by atoms with Crippen molar-refractivity contribution in [2.45, 2.75) is 52.7 Å². The molecule has 3 atom stereocenters. The predicted molar refractivity (Wildman–Crippen MR) is 161 cm³/mol. The van der Waals surface area contributed by atoms with Crippen molar-refractivity contribution < 1.29 is 14.0 Å². The van der Waals surface area contributed by atoms with Gasteiger partial charge in [0.15, 0.2) is 0 Å². The van der Waals surface area contributed by atoms with Crippen molar-refractivity contribution in [1.29, 1.82) is 0 Å². The lowest BCUT2D eigenvalue weighted by atomic mass is 9.95. The van der Waals surface area contributed by atoms with Gasteiger partial charge in [0.05, 0.1) is 31.9 Å². The third-order valence-corrected chi connectivity index (χ3v) is 9.29. The summed E-state index contributed by atoms with van der Waals surface area (Å²) in [6.45, 7) is 13.0. The number of nitrogens with zero attached hydrogens (tertiary/aromatic N) is 4. The Kier molecular flexibility index (Phi) is 7.13. The van der Waals surface area contributed by atoms with E-state index < -0.39 is 5.82 Å². The van der Waals surface area contributed by atoms with Crippen LogP contribution in [0.2, 0.25) is 0 Å². The molecular weight excluding hydrogens is 503 g/mol. The van der Waals surface area contributed by atoms with E-state index in [1.54, 1.807) is 24.0 Å². The number of aromatic nitrogens is 2. The smallest absolute Gasteiger partial charge is 0.332 e. The number of rotatable bonds is 5. The zero-order valence-corrected chi connectivity index (χ0v) is 24.5. The molecule has 1 saturated heterocycles. The van der Waals surface area contributed by atoms with Crippen molar-refractivity contribution in [2.75, 3.05) is 25.0 Å². The highest BCUT2D eigenvalue weighted by molar-refractivity contribution is 5.83. The maximum absolute atomic E-state index is 15.0. The molecule has 7 heteroatoms. The number of likely N-dealkylation sites (N-methyl/N-ethyl adjacent to an activating group) is 1. The molecule has 0 bridgehead atoms. The van der Waals surface area contributed by atoms with E-state index in [2.05, 4.69) is 51.8 Å². The minimum Gasteiger partial charge on any atom is -0.507 e. The van der Waals surface area contributed by atoms with Gasteiger partial charge < -0.3 is 19.1 Å². The number of phenols is 1. The Balaban J connectivity index is 1.50. The minimum atomic E-state index is -0.417. The summed E-state index contributed by atoms with van der Waals surface area (Å²) in [5.74, 6) is -0.383. The standard InChI is InChI=1S/C33H39FN4O2/c1-21(2)38(7)23(4)19-36(20-24(38)5)28-10-8-9-25(16-28)29-17-27(34)18-30(32(29)39)26-11-12-31(22(3)15-26)37-14-13-35(6)33(37)40/h8-18,21,23-24H,19-20H2,1-7H3/p+1/t23-,24+,38?. The SMILES string of the molecule is Cc1cc(-c2cc(F)cc(-c3cccc(N4C[C@@H](C)[N+](C)(C(C)C)[C@@H](C)C4)c3)c2O)ccc1-n1ccn(C)c1=O. The first kappa shape index (κ1) is 27.7. The quantitative estimate of drug-likeness (QED) is 0.309. The number of imidazole rings is 1. The average molecular weight is 544 g/mol. The Morgan fingerprint density at radius 3 is 2.12 bits per heavy atom. The fourth-order valence-electron chi connectivity index (χ4n) is 6.38. The van der Waals surface area contributed by atoms with E-state index in [4.69, 9.17) is 0 Å². The lowest BCUT2D eigenvalue weighted by molar-refractivity contribution is -0.972. The van der Waals surface area contributed by atoms with Gasteiger partial charge in [-0.2, -0.15) is 0 Å². The van der Waals surface area contributed by atoms with Crippen LogP contribution in [0.25, 0.3) is 27.9 Å². The molecule has 0 amide bonds. The molecule has 1 aliphatic heterocycles. The molecule has 1 unspecified atom stereocenters. The van der Waals surface area contributed by atoms with Gasteiger partial charge in [0, 0.05) is 36.3 Å². The molecule has 4 aromatic rings. The van der Waals surface area contributed by atoms with Crippen molar-refractivity contribution in [1.82, 2.24) is 9.13 Å². The number of aromatic hydroxyl groups is 1. The van der Waals surface area contributed by atoms with Gasteiger partial charge in [0.2, 0.25) is 0 Å². The number of hydrogen-bond donors (Lipinski definition) is 1. The van der Waals surface area contributed by atoms with Gasteiger partial charge >= 0.3 is 5.69 Å². The largest absolute Gasteiger partial charge is 0.507 e. The Bertz CT molecular complexity index is 1610. The Morgan fingerprint density at radius 2 is 1.57 bits per heavy atom. The molecule has 2 heterocycles. The first-order valence-corrected chi connectivity index (χ1v) is 14.0. The lowest BCUT2D eigenvalue weighted by Gasteiger charge is -2.54. The second kappa shape index (κ2) is 10.3. The number of hydrogen-bond acceptors (Lipinski definition) is 3. The fourth-order valence-corrected chi connectivity index (χ4v) is 6.38. The molecule has 1 aliphatic rings. The summed E-state index contributed by atoms with van der Waals surface area (Å²) in [6, 6.07) is 17.8. The van der Waals surface area contributed by atoms with Gasteiger partial charge in [-0.1, -0.05) is 18.2 Å². The van der Waals surface area contributed by atoms with E-state index in [-0.39, 0.29) is 11.4 Å². The second-order valence-corrected chi connectivity index (χ2v) is 11.9. The van der Waals surface area contributed by atoms with Gasteiger partial charge in [-0.25, -0.2) is 9.18 Å². The van der Waals surface area contributed by atoms with Crippen LogP contribution >= 0.6 is 0 Å². The van der Waals surface area contributed by atoms with Gasteiger partial charge in [-0.05, 0) is 87.7 Å². The molecule has 1 fully saturated rings. The number of halogens is 1. The van der Waals surface area contributed by atoms with E-state index in [1.165, 1.54) is 16.7 Å². The zero-order chi connectivity index (χ0) is 28.9. The summed E-state index contributed by atoms with van der Waals surface area (Å²) in [4.78, 5) is 14.9. The Morgan fingerprint density at radius 1 is 0.950 bits per heavy atom. The van der Waals surface area contributed by atoms with Crippen LogP contribution < -0.4 is 10.6 Å². The van der Waals surface area contributed by atoms with Crippen LogP contribution in [0.15, 0.2) is 71.8 Å². The molecule has 0 radical (unpaired) electrons. The molecule has 0 saturated carbocycles. The molecule has 1 aromatic heterocycles. The Hall–Kier alpha value is -3.84. The van der Waals surface area contributed by atoms with Gasteiger partial charge in [0.25, 0.3) is 0 Å². The summed E-state index contributed by atoms with van der Waals surface area (Å²) in [5, 5.41) is 11.4. The van der Waals surface area contributed by atoms with E-state index in [9.17, 15) is 9.90 Å². The molecule has 0 spiro atoms.